The normalized spacial score (nSPS) is 12.5. The van der Waals surface area contributed by atoms with Crippen molar-refractivity contribution in [2.45, 2.75) is 180 Å². The number of carbonyl (C=O) groups excluding carboxylic acids is 1. The van der Waals surface area contributed by atoms with Crippen LogP contribution in [0.1, 0.15) is 174 Å². The second-order valence-electron chi connectivity index (χ2n) is 11.0. The molecule has 0 aromatic heterocycles. The molecule has 4 nitrogen and oxygen atoms in total. The number of rotatable bonds is 29. The van der Waals surface area contributed by atoms with Crippen molar-refractivity contribution in [1.29, 1.82) is 0 Å². The molecule has 1 atom stereocenters. The van der Waals surface area contributed by atoms with Crippen LogP contribution in [0.5, 0.6) is 0 Å². The van der Waals surface area contributed by atoms with Gasteiger partial charge in [-0.1, -0.05) is 134 Å². The number of carboxylic acid groups (broad SMARTS) is 1. The lowest BCUT2D eigenvalue weighted by atomic mass is 10.0. The highest BCUT2D eigenvalue weighted by Crippen LogP contribution is 2.16. The third kappa shape index (κ3) is 29.0. The zero-order valence-electron chi connectivity index (χ0n) is 25.2. The summed E-state index contributed by atoms with van der Waals surface area (Å²) in [5.74, 6) is -1.11. The number of esters is 1. The van der Waals surface area contributed by atoms with Gasteiger partial charge in [0.25, 0.3) is 0 Å². The average molecular weight is 535 g/mol. The summed E-state index contributed by atoms with van der Waals surface area (Å²) in [6, 6.07) is 0. The Balaban J connectivity index is 3.60. The van der Waals surface area contributed by atoms with Crippen LogP contribution < -0.4 is 0 Å². The van der Waals surface area contributed by atoms with E-state index in [9.17, 15) is 9.59 Å². The fraction of sp³-hybridized carbons (Fsp3) is 0.824. The zero-order valence-corrected chi connectivity index (χ0v) is 25.2. The van der Waals surface area contributed by atoms with Gasteiger partial charge < -0.3 is 9.84 Å². The Bertz CT molecular complexity index is 581. The van der Waals surface area contributed by atoms with E-state index in [2.05, 4.69) is 38.2 Å². The molecule has 1 N–H and O–H groups in total. The molecule has 0 saturated heterocycles. The quantitative estimate of drug-likeness (QED) is 0.0589. The minimum absolute atomic E-state index is 0.0750. The lowest BCUT2D eigenvalue weighted by Gasteiger charge is -2.16. The van der Waals surface area contributed by atoms with Crippen LogP contribution in [0.4, 0.5) is 0 Å². The van der Waals surface area contributed by atoms with Gasteiger partial charge in [0.15, 0.2) is 0 Å². The van der Waals surface area contributed by atoms with Gasteiger partial charge in [-0.3, -0.25) is 9.59 Å². The second kappa shape index (κ2) is 30.0. The monoisotopic (exact) mass is 534 g/mol. The van der Waals surface area contributed by atoms with Crippen molar-refractivity contribution in [3.05, 3.63) is 24.3 Å². The third-order valence-electron chi connectivity index (χ3n) is 7.16. The van der Waals surface area contributed by atoms with E-state index in [0.717, 1.165) is 32.1 Å². The molecule has 0 aliphatic heterocycles. The summed E-state index contributed by atoms with van der Waals surface area (Å²) in [6.07, 6.45) is 36.3. The summed E-state index contributed by atoms with van der Waals surface area (Å²) >= 11 is 0. The molecule has 0 spiro atoms. The highest BCUT2D eigenvalue weighted by atomic mass is 16.5. The van der Waals surface area contributed by atoms with Crippen molar-refractivity contribution < 1.29 is 19.4 Å². The molecule has 1 unspecified atom stereocenters. The maximum absolute atomic E-state index is 12.2. The summed E-state index contributed by atoms with van der Waals surface area (Å²) in [6.45, 7) is 4.46. The smallest absolute Gasteiger partial charge is 0.307 e. The molecule has 0 bridgehead atoms. The minimum atomic E-state index is -0.886. The number of aliphatic carboxylic acids is 1. The molecular formula is C34H62O4. The van der Waals surface area contributed by atoms with Crippen LogP contribution in [0.2, 0.25) is 0 Å². The van der Waals surface area contributed by atoms with Crippen LogP contribution in [-0.4, -0.2) is 23.1 Å². The molecule has 0 amide bonds. The van der Waals surface area contributed by atoms with E-state index in [1.165, 1.54) is 109 Å². The van der Waals surface area contributed by atoms with Crippen LogP contribution in [0.15, 0.2) is 24.3 Å². The minimum Gasteiger partial charge on any atom is -0.481 e. The van der Waals surface area contributed by atoms with Gasteiger partial charge in [0.2, 0.25) is 0 Å². The van der Waals surface area contributed by atoms with Gasteiger partial charge in [0.1, 0.15) is 6.10 Å². The first-order valence-electron chi connectivity index (χ1n) is 16.3. The Morgan fingerprint density at radius 3 is 1.61 bits per heavy atom. The predicted octanol–water partition coefficient (Wildman–Crippen LogP) is 10.9. The molecule has 4 heteroatoms. The van der Waals surface area contributed by atoms with Gasteiger partial charge in [-0.25, -0.2) is 0 Å². The molecule has 38 heavy (non-hydrogen) atoms. The maximum Gasteiger partial charge on any atom is 0.307 e. The lowest BCUT2D eigenvalue weighted by Crippen LogP contribution is -2.21. The fourth-order valence-corrected chi connectivity index (χ4v) is 4.76. The first-order valence-corrected chi connectivity index (χ1v) is 16.3. The summed E-state index contributed by atoms with van der Waals surface area (Å²) in [4.78, 5) is 23.3. The SMILES string of the molecule is CCCCC/C=C\C/C=C\CCCCCCCCCCCC(=O)OC(CCCCCCCCC)CC(=O)O. The highest BCUT2D eigenvalue weighted by molar-refractivity contribution is 5.71. The largest absolute Gasteiger partial charge is 0.481 e. The van der Waals surface area contributed by atoms with E-state index in [4.69, 9.17) is 9.84 Å². The molecule has 0 aromatic rings. The molecule has 0 saturated carbocycles. The Morgan fingerprint density at radius 2 is 1.05 bits per heavy atom. The molecule has 0 heterocycles. The van der Waals surface area contributed by atoms with Crippen molar-refractivity contribution in [3.63, 3.8) is 0 Å². The molecule has 0 aliphatic rings. The van der Waals surface area contributed by atoms with Crippen molar-refractivity contribution >= 4 is 11.9 Å². The third-order valence-corrected chi connectivity index (χ3v) is 7.16. The topological polar surface area (TPSA) is 63.6 Å². The standard InChI is InChI=1S/C34H62O4/c1-3-5-7-9-11-12-13-14-15-16-17-18-19-20-21-22-24-26-28-30-34(37)38-32(31-33(35)36)29-27-25-23-10-8-6-4-2/h11-12,14-15,32H,3-10,13,16-31H2,1-2H3,(H,35,36)/b12-11-,15-14-. The number of ether oxygens (including phenoxy) is 1. The summed E-state index contributed by atoms with van der Waals surface area (Å²) < 4.78 is 5.52. The van der Waals surface area contributed by atoms with Gasteiger partial charge in [0.05, 0.1) is 6.42 Å². The highest BCUT2D eigenvalue weighted by Gasteiger charge is 2.17. The first-order chi connectivity index (χ1) is 18.6. The van der Waals surface area contributed by atoms with Crippen LogP contribution in [-0.2, 0) is 14.3 Å². The second-order valence-corrected chi connectivity index (χ2v) is 11.0. The average Bonchev–Trinajstić information content (AvgIpc) is 2.89. The first kappa shape index (κ1) is 36.4. The van der Waals surface area contributed by atoms with Crippen molar-refractivity contribution in [3.8, 4) is 0 Å². The van der Waals surface area contributed by atoms with Crippen molar-refractivity contribution in [1.82, 2.24) is 0 Å². The van der Waals surface area contributed by atoms with Gasteiger partial charge in [-0.2, -0.15) is 0 Å². The summed E-state index contributed by atoms with van der Waals surface area (Å²) in [5, 5.41) is 9.15. The molecule has 0 rings (SSSR count). The van der Waals surface area contributed by atoms with E-state index in [1.54, 1.807) is 0 Å². The Labute approximate surface area is 236 Å². The number of unbranched alkanes of at least 4 members (excludes halogenated alkanes) is 18. The molecule has 222 valence electrons. The number of hydrogen-bond donors (Lipinski definition) is 1. The Morgan fingerprint density at radius 1 is 0.605 bits per heavy atom. The van der Waals surface area contributed by atoms with E-state index >= 15 is 0 Å². The fourth-order valence-electron chi connectivity index (χ4n) is 4.76. The molecule has 0 aliphatic carbocycles. The zero-order chi connectivity index (χ0) is 27.9. The predicted molar refractivity (Wildman–Crippen MR) is 163 cm³/mol. The number of carbonyl (C=O) groups is 2. The maximum atomic E-state index is 12.2. The molecular weight excluding hydrogens is 472 g/mol. The Kier molecular flexibility index (Phi) is 28.7. The lowest BCUT2D eigenvalue weighted by molar-refractivity contribution is -0.153. The van der Waals surface area contributed by atoms with E-state index in [1.807, 2.05) is 0 Å². The van der Waals surface area contributed by atoms with E-state index < -0.39 is 12.1 Å². The van der Waals surface area contributed by atoms with Gasteiger partial charge in [0, 0.05) is 6.42 Å². The number of allylic oxidation sites excluding steroid dienone is 4. The van der Waals surface area contributed by atoms with Gasteiger partial charge in [-0.05, 0) is 51.4 Å². The number of carboxylic acids is 1. The number of hydrogen-bond acceptors (Lipinski definition) is 3. The van der Waals surface area contributed by atoms with Crippen molar-refractivity contribution in [2.24, 2.45) is 0 Å². The summed E-state index contributed by atoms with van der Waals surface area (Å²) in [7, 11) is 0. The van der Waals surface area contributed by atoms with Crippen LogP contribution >= 0.6 is 0 Å². The van der Waals surface area contributed by atoms with Crippen LogP contribution in [0, 0.1) is 0 Å². The van der Waals surface area contributed by atoms with Gasteiger partial charge in [-0.15, -0.1) is 0 Å². The van der Waals surface area contributed by atoms with Crippen LogP contribution in [0.25, 0.3) is 0 Å². The summed E-state index contributed by atoms with van der Waals surface area (Å²) in [5.41, 5.74) is 0. The Hall–Kier alpha value is -1.58. The van der Waals surface area contributed by atoms with E-state index in [-0.39, 0.29) is 12.4 Å². The van der Waals surface area contributed by atoms with E-state index in [0.29, 0.717) is 12.8 Å². The van der Waals surface area contributed by atoms with Crippen LogP contribution in [0.3, 0.4) is 0 Å². The van der Waals surface area contributed by atoms with Crippen molar-refractivity contribution in [2.75, 3.05) is 0 Å². The molecule has 0 radical (unpaired) electrons. The molecule has 0 aromatic carbocycles. The molecule has 0 fully saturated rings. The van der Waals surface area contributed by atoms with Gasteiger partial charge >= 0.3 is 11.9 Å².